The molecule has 0 aliphatic rings. The molecule has 7 nitrogen and oxygen atoms in total. The zero-order valence-corrected chi connectivity index (χ0v) is 17.3. The van der Waals surface area contributed by atoms with Gasteiger partial charge in [0.05, 0.1) is 27.6 Å². The van der Waals surface area contributed by atoms with Crippen molar-refractivity contribution in [1.82, 2.24) is 15.5 Å². The van der Waals surface area contributed by atoms with Crippen LogP contribution >= 0.6 is 0 Å². The molecule has 148 valence electrons. The number of aryl methyl sites for hydroxylation is 1. The number of fused-ring (bicyclic) bond motifs is 1. The maximum absolute atomic E-state index is 13.0. The van der Waals surface area contributed by atoms with Crippen LogP contribution in [0.5, 0.6) is 0 Å². The van der Waals surface area contributed by atoms with Gasteiger partial charge in [-0.25, -0.2) is 13.4 Å². The van der Waals surface area contributed by atoms with Crippen LogP contribution in [0, 0.1) is 6.92 Å². The lowest BCUT2D eigenvalue weighted by Gasteiger charge is -2.16. The molecule has 2 aromatic heterocycles. The molecule has 0 aliphatic carbocycles. The largest absolute Gasteiger partial charge is 0.345 e. The molecule has 1 unspecified atom stereocenters. The molecule has 2 heterocycles. The molecule has 28 heavy (non-hydrogen) atoms. The van der Waals surface area contributed by atoms with Crippen LogP contribution in [0.4, 0.5) is 0 Å². The molecule has 0 aliphatic heterocycles. The number of rotatable bonds is 5. The topological polar surface area (TPSA) is 102 Å². The first kappa shape index (κ1) is 20.0. The Morgan fingerprint density at radius 1 is 1.14 bits per heavy atom. The highest BCUT2D eigenvalue weighted by molar-refractivity contribution is 7.90. The summed E-state index contributed by atoms with van der Waals surface area (Å²) in [5, 5.41) is 7.49. The van der Waals surface area contributed by atoms with Crippen LogP contribution in [0.1, 0.15) is 60.0 Å². The van der Waals surface area contributed by atoms with Gasteiger partial charge in [0.1, 0.15) is 0 Å². The van der Waals surface area contributed by atoms with Gasteiger partial charge in [-0.3, -0.25) is 4.79 Å². The highest BCUT2D eigenvalue weighted by atomic mass is 32.2. The van der Waals surface area contributed by atoms with Crippen LogP contribution in [-0.2, 0) is 9.84 Å². The van der Waals surface area contributed by atoms with E-state index in [1.54, 1.807) is 37.3 Å². The van der Waals surface area contributed by atoms with Gasteiger partial charge in [0.25, 0.3) is 11.6 Å². The number of amides is 1. The van der Waals surface area contributed by atoms with Crippen molar-refractivity contribution < 1.29 is 17.7 Å². The lowest BCUT2D eigenvalue weighted by atomic mass is 10.0. The SMILES string of the molecule is Cc1noc2nc(C(C)C)cc(C(=O)NC(C)c3ccc(S(C)(=O)=O)cc3)c12. The second-order valence-corrected chi connectivity index (χ2v) is 9.25. The van der Waals surface area contributed by atoms with Gasteiger partial charge in [0.2, 0.25) is 0 Å². The summed E-state index contributed by atoms with van der Waals surface area (Å²) in [6, 6.07) is 7.94. The average molecular weight is 401 g/mol. The number of nitrogens with zero attached hydrogens (tertiary/aromatic N) is 2. The Balaban J connectivity index is 1.91. The third-order valence-electron chi connectivity index (χ3n) is 4.63. The van der Waals surface area contributed by atoms with Crippen LogP contribution in [0.25, 0.3) is 11.1 Å². The van der Waals surface area contributed by atoms with Crippen LogP contribution in [0.3, 0.4) is 0 Å². The third kappa shape index (κ3) is 3.91. The summed E-state index contributed by atoms with van der Waals surface area (Å²) in [6.07, 6.45) is 1.16. The molecular weight excluding hydrogens is 378 g/mol. The van der Waals surface area contributed by atoms with Crippen molar-refractivity contribution >= 4 is 26.8 Å². The highest BCUT2D eigenvalue weighted by Gasteiger charge is 2.21. The zero-order chi connectivity index (χ0) is 20.6. The van der Waals surface area contributed by atoms with E-state index in [0.29, 0.717) is 22.4 Å². The fraction of sp³-hybridized carbons (Fsp3) is 0.350. The summed E-state index contributed by atoms with van der Waals surface area (Å²) in [4.78, 5) is 17.7. The normalized spacial score (nSPS) is 13.1. The molecule has 3 rings (SSSR count). The van der Waals surface area contributed by atoms with Crippen molar-refractivity contribution in [2.75, 3.05) is 6.26 Å². The van der Waals surface area contributed by atoms with Crippen LogP contribution in [0.15, 0.2) is 39.8 Å². The van der Waals surface area contributed by atoms with Crippen molar-refractivity contribution in [3.8, 4) is 0 Å². The van der Waals surface area contributed by atoms with E-state index in [1.165, 1.54) is 0 Å². The quantitative estimate of drug-likeness (QED) is 0.701. The number of hydrogen-bond donors (Lipinski definition) is 1. The third-order valence-corrected chi connectivity index (χ3v) is 5.76. The van der Waals surface area contributed by atoms with Crippen LogP contribution in [-0.4, -0.2) is 30.7 Å². The molecule has 1 atom stereocenters. The second-order valence-electron chi connectivity index (χ2n) is 7.23. The lowest BCUT2D eigenvalue weighted by molar-refractivity contribution is 0.0941. The number of carbonyl (C=O) groups is 1. The first-order valence-corrected chi connectivity index (χ1v) is 10.8. The number of hydrogen-bond acceptors (Lipinski definition) is 6. The van der Waals surface area contributed by atoms with E-state index >= 15 is 0 Å². The standard InChI is InChI=1S/C20H23N3O4S/c1-11(2)17-10-16(18-13(4)23-27-20(18)22-17)19(24)21-12(3)14-6-8-15(9-7-14)28(5,25)26/h6-12H,1-5H3,(H,21,24). The van der Waals surface area contributed by atoms with Crippen molar-refractivity contribution in [2.45, 2.75) is 44.6 Å². The maximum atomic E-state index is 13.0. The van der Waals surface area contributed by atoms with E-state index in [-0.39, 0.29) is 22.8 Å². The van der Waals surface area contributed by atoms with Gasteiger partial charge in [-0.05, 0) is 43.5 Å². The Labute approximate surface area is 164 Å². The van der Waals surface area contributed by atoms with E-state index < -0.39 is 9.84 Å². The van der Waals surface area contributed by atoms with Crippen molar-refractivity contribution in [2.24, 2.45) is 0 Å². The highest BCUT2D eigenvalue weighted by Crippen LogP contribution is 2.26. The van der Waals surface area contributed by atoms with Gasteiger partial charge in [0.15, 0.2) is 9.84 Å². The van der Waals surface area contributed by atoms with E-state index in [2.05, 4.69) is 15.5 Å². The number of aromatic nitrogens is 2. The number of sulfone groups is 1. The van der Waals surface area contributed by atoms with Gasteiger partial charge in [-0.1, -0.05) is 31.1 Å². The van der Waals surface area contributed by atoms with Crippen molar-refractivity contribution in [3.05, 3.63) is 52.8 Å². The number of pyridine rings is 1. The van der Waals surface area contributed by atoms with Gasteiger partial charge >= 0.3 is 0 Å². The zero-order valence-electron chi connectivity index (χ0n) is 16.5. The van der Waals surface area contributed by atoms with Crippen molar-refractivity contribution in [1.29, 1.82) is 0 Å². The molecule has 1 N–H and O–H groups in total. The Hall–Kier alpha value is -2.74. The molecule has 1 amide bonds. The molecule has 1 aromatic carbocycles. The number of carbonyl (C=O) groups excluding carboxylic acids is 1. The van der Waals surface area contributed by atoms with Gasteiger partial charge in [0, 0.05) is 11.9 Å². The Morgan fingerprint density at radius 2 is 1.79 bits per heavy atom. The van der Waals surface area contributed by atoms with Gasteiger partial charge in [-0.15, -0.1) is 0 Å². The summed E-state index contributed by atoms with van der Waals surface area (Å²) in [5.74, 6) is -0.136. The molecule has 0 saturated heterocycles. The fourth-order valence-electron chi connectivity index (χ4n) is 2.95. The van der Waals surface area contributed by atoms with Crippen LogP contribution < -0.4 is 5.32 Å². The molecular formula is C20H23N3O4S. The number of benzene rings is 1. The summed E-state index contributed by atoms with van der Waals surface area (Å²) < 4.78 is 28.5. The Bertz CT molecular complexity index is 1130. The minimum Gasteiger partial charge on any atom is -0.345 e. The molecule has 0 saturated carbocycles. The van der Waals surface area contributed by atoms with E-state index in [9.17, 15) is 13.2 Å². The molecule has 8 heteroatoms. The smallest absolute Gasteiger partial charge is 0.259 e. The molecule has 3 aromatic rings. The maximum Gasteiger partial charge on any atom is 0.259 e. The summed E-state index contributed by atoms with van der Waals surface area (Å²) in [6.45, 7) is 7.60. The Morgan fingerprint density at radius 3 is 2.36 bits per heavy atom. The second kappa shape index (κ2) is 7.35. The summed E-state index contributed by atoms with van der Waals surface area (Å²) in [7, 11) is -3.26. The molecule has 0 radical (unpaired) electrons. The van der Waals surface area contributed by atoms with Crippen LogP contribution in [0.2, 0.25) is 0 Å². The van der Waals surface area contributed by atoms with E-state index in [1.807, 2.05) is 20.8 Å². The van der Waals surface area contributed by atoms with E-state index in [0.717, 1.165) is 17.5 Å². The molecule has 0 spiro atoms. The number of nitrogens with one attached hydrogen (secondary N) is 1. The molecule has 0 fully saturated rings. The Kier molecular flexibility index (Phi) is 5.25. The predicted octanol–water partition coefficient (Wildman–Crippen LogP) is 3.55. The fourth-order valence-corrected chi connectivity index (χ4v) is 3.58. The monoisotopic (exact) mass is 401 g/mol. The van der Waals surface area contributed by atoms with Crippen molar-refractivity contribution in [3.63, 3.8) is 0 Å². The molecule has 0 bridgehead atoms. The minimum atomic E-state index is -3.26. The van der Waals surface area contributed by atoms with E-state index in [4.69, 9.17) is 4.52 Å². The summed E-state index contributed by atoms with van der Waals surface area (Å²) >= 11 is 0. The van der Waals surface area contributed by atoms with Gasteiger partial charge < -0.3 is 9.84 Å². The first-order valence-electron chi connectivity index (χ1n) is 8.95. The minimum absolute atomic E-state index is 0.127. The predicted molar refractivity (Wildman–Crippen MR) is 106 cm³/mol. The van der Waals surface area contributed by atoms with Gasteiger partial charge in [-0.2, -0.15) is 0 Å². The lowest BCUT2D eigenvalue weighted by Crippen LogP contribution is -2.27. The average Bonchev–Trinajstić information content (AvgIpc) is 3.01. The summed E-state index contributed by atoms with van der Waals surface area (Å²) in [5.41, 5.74) is 2.97. The first-order chi connectivity index (χ1) is 13.1.